The maximum absolute atomic E-state index is 12.1. The van der Waals surface area contributed by atoms with Crippen LogP contribution in [0.4, 0.5) is 0 Å². The third kappa shape index (κ3) is 3.34. The number of carbonyl (C=O) groups is 2. The second-order valence-corrected chi connectivity index (χ2v) is 4.56. The summed E-state index contributed by atoms with van der Waals surface area (Å²) in [5.74, 6) is -1.56. The van der Waals surface area contributed by atoms with Crippen molar-refractivity contribution in [2.24, 2.45) is 7.05 Å². The van der Waals surface area contributed by atoms with Gasteiger partial charge in [0.15, 0.2) is 0 Å². The van der Waals surface area contributed by atoms with Gasteiger partial charge in [-0.15, -0.1) is 5.10 Å². The standard InChI is InChI=1S/C13H16N4O4/c1-17-11-4-3-8(7-10(11)15-16-17)12(18)14-9(13(19)20)5-6-21-2/h3-4,7,9H,5-6H2,1-2H3,(H,14,18)(H,19,20). The zero-order valence-electron chi connectivity index (χ0n) is 11.7. The number of carbonyl (C=O) groups excluding carboxylic acids is 1. The second-order valence-electron chi connectivity index (χ2n) is 4.56. The fourth-order valence-electron chi connectivity index (χ4n) is 1.92. The molecule has 2 N–H and O–H groups in total. The van der Waals surface area contributed by atoms with Crippen LogP contribution in [-0.2, 0) is 16.6 Å². The van der Waals surface area contributed by atoms with Crippen LogP contribution in [0.15, 0.2) is 18.2 Å². The minimum Gasteiger partial charge on any atom is -0.480 e. The van der Waals surface area contributed by atoms with Crippen molar-refractivity contribution in [3.05, 3.63) is 23.8 Å². The molecule has 0 aliphatic heterocycles. The largest absolute Gasteiger partial charge is 0.480 e. The van der Waals surface area contributed by atoms with Gasteiger partial charge >= 0.3 is 5.97 Å². The molecule has 1 unspecified atom stereocenters. The quantitative estimate of drug-likeness (QED) is 0.787. The molecule has 1 aromatic carbocycles. The molecule has 0 aliphatic carbocycles. The van der Waals surface area contributed by atoms with Crippen LogP contribution in [-0.4, -0.2) is 51.7 Å². The summed E-state index contributed by atoms with van der Waals surface area (Å²) in [5, 5.41) is 19.3. The predicted molar refractivity (Wildman–Crippen MR) is 73.9 cm³/mol. The molecule has 1 heterocycles. The van der Waals surface area contributed by atoms with Crippen LogP contribution in [0.1, 0.15) is 16.8 Å². The van der Waals surface area contributed by atoms with E-state index in [0.29, 0.717) is 11.1 Å². The van der Waals surface area contributed by atoms with Gasteiger partial charge in [-0.1, -0.05) is 5.21 Å². The minimum absolute atomic E-state index is 0.199. The van der Waals surface area contributed by atoms with Crippen LogP contribution in [0.5, 0.6) is 0 Å². The van der Waals surface area contributed by atoms with E-state index in [2.05, 4.69) is 15.6 Å². The Balaban J connectivity index is 2.14. The lowest BCUT2D eigenvalue weighted by atomic mass is 10.1. The molecule has 1 aromatic heterocycles. The van der Waals surface area contributed by atoms with E-state index in [0.717, 1.165) is 5.52 Å². The molecule has 8 nitrogen and oxygen atoms in total. The lowest BCUT2D eigenvalue weighted by Gasteiger charge is -2.14. The Morgan fingerprint density at radius 2 is 2.24 bits per heavy atom. The van der Waals surface area contributed by atoms with Gasteiger partial charge in [0, 0.05) is 32.7 Å². The maximum Gasteiger partial charge on any atom is 0.326 e. The average Bonchev–Trinajstić information content (AvgIpc) is 2.84. The Morgan fingerprint density at radius 1 is 1.48 bits per heavy atom. The van der Waals surface area contributed by atoms with Gasteiger partial charge in [0.25, 0.3) is 5.91 Å². The summed E-state index contributed by atoms with van der Waals surface area (Å²) in [6.45, 7) is 0.250. The third-order valence-electron chi connectivity index (χ3n) is 3.09. The molecule has 0 fully saturated rings. The number of carboxylic acids is 1. The number of ether oxygens (including phenoxy) is 1. The highest BCUT2D eigenvalue weighted by Crippen LogP contribution is 2.12. The summed E-state index contributed by atoms with van der Waals surface area (Å²) in [6.07, 6.45) is 0.199. The maximum atomic E-state index is 12.1. The number of aliphatic carboxylic acids is 1. The van der Waals surface area contributed by atoms with Crippen molar-refractivity contribution < 1.29 is 19.4 Å². The highest BCUT2D eigenvalue weighted by atomic mass is 16.5. The molecular formula is C13H16N4O4. The van der Waals surface area contributed by atoms with Crippen molar-refractivity contribution in [3.8, 4) is 0 Å². The summed E-state index contributed by atoms with van der Waals surface area (Å²) in [4.78, 5) is 23.2. The monoisotopic (exact) mass is 292 g/mol. The van der Waals surface area contributed by atoms with Crippen molar-refractivity contribution in [1.82, 2.24) is 20.3 Å². The van der Waals surface area contributed by atoms with Crippen LogP contribution in [0.2, 0.25) is 0 Å². The highest BCUT2D eigenvalue weighted by molar-refractivity contribution is 5.99. The number of benzene rings is 1. The zero-order valence-corrected chi connectivity index (χ0v) is 11.7. The molecule has 8 heteroatoms. The number of hydrogen-bond acceptors (Lipinski definition) is 5. The molecule has 1 atom stereocenters. The Labute approximate surface area is 120 Å². The van der Waals surface area contributed by atoms with Crippen molar-refractivity contribution >= 4 is 22.9 Å². The van der Waals surface area contributed by atoms with Crippen molar-refractivity contribution in [2.75, 3.05) is 13.7 Å². The number of aryl methyl sites for hydroxylation is 1. The molecule has 0 bridgehead atoms. The fraction of sp³-hybridized carbons (Fsp3) is 0.385. The lowest BCUT2D eigenvalue weighted by Crippen LogP contribution is -2.41. The summed E-state index contributed by atoms with van der Waals surface area (Å²) in [5.41, 5.74) is 1.71. The van der Waals surface area contributed by atoms with Crippen LogP contribution in [0.25, 0.3) is 11.0 Å². The van der Waals surface area contributed by atoms with Gasteiger partial charge in [0.2, 0.25) is 0 Å². The number of methoxy groups -OCH3 is 1. The summed E-state index contributed by atoms with van der Waals surface area (Å²) < 4.78 is 6.43. The Hall–Kier alpha value is -2.48. The number of aromatic nitrogens is 3. The van der Waals surface area contributed by atoms with Crippen LogP contribution in [0, 0.1) is 0 Å². The lowest BCUT2D eigenvalue weighted by molar-refractivity contribution is -0.139. The normalized spacial score (nSPS) is 12.3. The van der Waals surface area contributed by atoms with Crippen LogP contribution >= 0.6 is 0 Å². The number of fused-ring (bicyclic) bond motifs is 1. The first-order valence-electron chi connectivity index (χ1n) is 6.35. The Bertz CT molecular complexity index is 667. The predicted octanol–water partition coefficient (Wildman–Crippen LogP) is 0.188. The van der Waals surface area contributed by atoms with Gasteiger partial charge in [-0.25, -0.2) is 9.48 Å². The van der Waals surface area contributed by atoms with Crippen molar-refractivity contribution in [1.29, 1.82) is 0 Å². The highest BCUT2D eigenvalue weighted by Gasteiger charge is 2.20. The van der Waals surface area contributed by atoms with Crippen molar-refractivity contribution in [3.63, 3.8) is 0 Å². The summed E-state index contributed by atoms with van der Waals surface area (Å²) in [7, 11) is 3.23. The first-order valence-corrected chi connectivity index (χ1v) is 6.35. The molecule has 0 radical (unpaired) electrons. The summed E-state index contributed by atoms with van der Waals surface area (Å²) >= 11 is 0. The molecule has 112 valence electrons. The van der Waals surface area contributed by atoms with E-state index in [9.17, 15) is 9.59 Å². The fourth-order valence-corrected chi connectivity index (χ4v) is 1.92. The van der Waals surface area contributed by atoms with E-state index in [1.807, 2.05) is 0 Å². The van der Waals surface area contributed by atoms with Gasteiger partial charge in [0.05, 0.1) is 5.52 Å². The molecular weight excluding hydrogens is 276 g/mol. The minimum atomic E-state index is -1.10. The molecule has 2 aromatic rings. The molecule has 2 rings (SSSR count). The van der Waals surface area contributed by atoms with Gasteiger partial charge in [-0.3, -0.25) is 4.79 Å². The number of nitrogens with zero attached hydrogens (tertiary/aromatic N) is 3. The van der Waals surface area contributed by atoms with Crippen LogP contribution in [0.3, 0.4) is 0 Å². The summed E-state index contributed by atoms with van der Waals surface area (Å²) in [6, 6.07) is 3.91. The third-order valence-corrected chi connectivity index (χ3v) is 3.09. The van der Waals surface area contributed by atoms with Gasteiger partial charge in [-0.2, -0.15) is 0 Å². The molecule has 0 saturated carbocycles. The van der Waals surface area contributed by atoms with E-state index >= 15 is 0 Å². The number of rotatable bonds is 6. The van der Waals surface area contributed by atoms with E-state index < -0.39 is 17.9 Å². The van der Waals surface area contributed by atoms with Gasteiger partial charge in [0.1, 0.15) is 11.6 Å². The Morgan fingerprint density at radius 3 is 2.90 bits per heavy atom. The zero-order chi connectivity index (χ0) is 15.4. The first kappa shape index (κ1) is 14.9. The molecule has 21 heavy (non-hydrogen) atoms. The molecule has 0 spiro atoms. The van der Waals surface area contributed by atoms with Crippen molar-refractivity contribution in [2.45, 2.75) is 12.5 Å². The number of amides is 1. The van der Waals surface area contributed by atoms with E-state index in [-0.39, 0.29) is 13.0 Å². The number of carboxylic acid groups (broad SMARTS) is 1. The molecule has 0 aliphatic rings. The van der Waals surface area contributed by atoms with Gasteiger partial charge in [-0.05, 0) is 18.2 Å². The first-order chi connectivity index (χ1) is 10.0. The van der Waals surface area contributed by atoms with E-state index in [1.54, 1.807) is 29.9 Å². The SMILES string of the molecule is COCCC(NC(=O)c1ccc2c(c1)nnn2C)C(=O)O. The molecule has 1 amide bonds. The van der Waals surface area contributed by atoms with E-state index in [4.69, 9.17) is 9.84 Å². The average molecular weight is 292 g/mol. The van der Waals surface area contributed by atoms with E-state index in [1.165, 1.54) is 7.11 Å². The number of hydrogen-bond donors (Lipinski definition) is 2. The van der Waals surface area contributed by atoms with Crippen LogP contribution < -0.4 is 5.32 Å². The second kappa shape index (κ2) is 6.31. The molecule has 0 saturated heterocycles. The number of nitrogens with one attached hydrogen (secondary N) is 1. The smallest absolute Gasteiger partial charge is 0.326 e. The van der Waals surface area contributed by atoms with Gasteiger partial charge < -0.3 is 15.2 Å². The Kier molecular flexibility index (Phi) is 4.49. The topological polar surface area (TPSA) is 106 Å².